The topological polar surface area (TPSA) is 90.0 Å². The Morgan fingerprint density at radius 1 is 1.50 bits per heavy atom. The Hall–Kier alpha value is -0.630. The predicted molar refractivity (Wildman–Crippen MR) is 80.3 cm³/mol. The smallest absolute Gasteiger partial charge is 0.259 e. The van der Waals surface area contributed by atoms with Crippen LogP contribution in [-0.4, -0.2) is 30.6 Å². The van der Waals surface area contributed by atoms with E-state index in [9.17, 15) is 8.42 Å². The fraction of sp³-hybridized carbons (Fsp3) is 0.750. The standard InChI is InChI=1S/C12H22N4O2S.ClH/c1-2-16-8-12(14-9-16)19(17,18)15-7-10-4-3-5-11(13)6-10;/h8-11,15H,2-7,13H2,1H3;1H. The van der Waals surface area contributed by atoms with Crippen LogP contribution in [0.4, 0.5) is 0 Å². The van der Waals surface area contributed by atoms with Gasteiger partial charge in [-0.25, -0.2) is 18.1 Å². The summed E-state index contributed by atoms with van der Waals surface area (Å²) in [5.41, 5.74) is 5.90. The third kappa shape index (κ3) is 4.44. The van der Waals surface area contributed by atoms with E-state index in [0.29, 0.717) is 19.0 Å². The lowest BCUT2D eigenvalue weighted by molar-refractivity contribution is 0.322. The number of hydrogen-bond acceptors (Lipinski definition) is 4. The van der Waals surface area contributed by atoms with Gasteiger partial charge in [0.05, 0.1) is 6.33 Å². The maximum Gasteiger partial charge on any atom is 0.259 e. The summed E-state index contributed by atoms with van der Waals surface area (Å²) in [5, 5.41) is 0.0921. The number of aryl methyl sites for hydroxylation is 1. The molecule has 1 aromatic rings. The van der Waals surface area contributed by atoms with Crippen molar-refractivity contribution in [3.8, 4) is 0 Å². The van der Waals surface area contributed by atoms with Crippen molar-refractivity contribution in [2.24, 2.45) is 11.7 Å². The molecule has 1 aromatic heterocycles. The van der Waals surface area contributed by atoms with Gasteiger partial charge in [0, 0.05) is 25.3 Å². The molecule has 8 heteroatoms. The van der Waals surface area contributed by atoms with Crippen LogP contribution in [0.5, 0.6) is 0 Å². The van der Waals surface area contributed by atoms with Gasteiger partial charge in [0.25, 0.3) is 10.0 Å². The lowest BCUT2D eigenvalue weighted by Gasteiger charge is -2.26. The highest BCUT2D eigenvalue weighted by Crippen LogP contribution is 2.22. The summed E-state index contributed by atoms with van der Waals surface area (Å²) in [7, 11) is -3.49. The second-order valence-electron chi connectivity index (χ2n) is 5.19. The Kier molecular flexibility index (Phi) is 6.44. The van der Waals surface area contributed by atoms with Crippen molar-refractivity contribution in [3.05, 3.63) is 12.5 Å². The normalized spacial score (nSPS) is 23.3. The summed E-state index contributed by atoms with van der Waals surface area (Å²) in [6, 6.07) is 0.211. The van der Waals surface area contributed by atoms with Crippen molar-refractivity contribution in [2.45, 2.75) is 50.2 Å². The lowest BCUT2D eigenvalue weighted by atomic mass is 9.86. The molecule has 1 aliphatic carbocycles. The number of rotatable bonds is 5. The number of halogens is 1. The fourth-order valence-corrected chi connectivity index (χ4v) is 3.53. The third-order valence-corrected chi connectivity index (χ3v) is 4.94. The van der Waals surface area contributed by atoms with Crippen molar-refractivity contribution in [1.82, 2.24) is 14.3 Å². The van der Waals surface area contributed by atoms with Crippen LogP contribution < -0.4 is 10.5 Å². The van der Waals surface area contributed by atoms with E-state index in [1.54, 1.807) is 10.8 Å². The van der Waals surface area contributed by atoms with Crippen LogP contribution in [0.15, 0.2) is 17.6 Å². The second-order valence-corrected chi connectivity index (χ2v) is 6.90. The fourth-order valence-electron chi connectivity index (χ4n) is 2.47. The summed E-state index contributed by atoms with van der Waals surface area (Å²) in [4.78, 5) is 3.93. The average molecular weight is 323 g/mol. The van der Waals surface area contributed by atoms with E-state index in [-0.39, 0.29) is 23.5 Å². The lowest BCUT2D eigenvalue weighted by Crippen LogP contribution is -2.35. The first-order valence-corrected chi connectivity index (χ1v) is 8.26. The largest absolute Gasteiger partial charge is 0.336 e. The number of hydrogen-bond donors (Lipinski definition) is 2. The van der Waals surface area contributed by atoms with Crippen LogP contribution in [0.3, 0.4) is 0 Å². The van der Waals surface area contributed by atoms with Gasteiger partial charge in [0.1, 0.15) is 0 Å². The monoisotopic (exact) mass is 322 g/mol. The third-order valence-electron chi connectivity index (χ3n) is 3.64. The molecule has 0 spiro atoms. The SMILES string of the molecule is CCn1cnc(S(=O)(=O)NCC2CCCC(N)C2)c1.Cl. The number of nitrogens with two attached hydrogens (primary N) is 1. The Morgan fingerprint density at radius 3 is 2.85 bits per heavy atom. The van der Waals surface area contributed by atoms with Gasteiger partial charge in [0.2, 0.25) is 0 Å². The summed E-state index contributed by atoms with van der Waals surface area (Å²) in [6.45, 7) is 3.10. The van der Waals surface area contributed by atoms with Gasteiger partial charge in [-0.15, -0.1) is 12.4 Å². The molecular formula is C12H23ClN4O2S. The summed E-state index contributed by atoms with van der Waals surface area (Å²) >= 11 is 0. The molecule has 1 aliphatic rings. The molecule has 0 aromatic carbocycles. The first-order valence-electron chi connectivity index (χ1n) is 6.78. The zero-order valence-electron chi connectivity index (χ0n) is 11.7. The van der Waals surface area contributed by atoms with Crippen molar-refractivity contribution in [2.75, 3.05) is 6.54 Å². The minimum atomic E-state index is -3.49. The summed E-state index contributed by atoms with van der Waals surface area (Å²) in [6.07, 6.45) is 7.15. The molecule has 1 heterocycles. The van der Waals surface area contributed by atoms with Crippen LogP contribution in [0, 0.1) is 5.92 Å². The van der Waals surface area contributed by atoms with E-state index >= 15 is 0 Å². The van der Waals surface area contributed by atoms with Crippen molar-refractivity contribution in [3.63, 3.8) is 0 Å². The Morgan fingerprint density at radius 2 is 2.25 bits per heavy atom. The molecule has 0 amide bonds. The molecule has 0 bridgehead atoms. The first-order chi connectivity index (χ1) is 9.01. The van der Waals surface area contributed by atoms with Gasteiger partial charge in [-0.3, -0.25) is 0 Å². The summed E-state index contributed by atoms with van der Waals surface area (Å²) < 4.78 is 28.5. The number of aromatic nitrogens is 2. The van der Waals surface area contributed by atoms with E-state index in [4.69, 9.17) is 5.73 Å². The predicted octanol–water partition coefficient (Wildman–Crippen LogP) is 1.12. The minimum Gasteiger partial charge on any atom is -0.336 e. The van der Waals surface area contributed by atoms with Gasteiger partial charge < -0.3 is 10.3 Å². The average Bonchev–Trinajstić information content (AvgIpc) is 2.86. The molecule has 6 nitrogen and oxygen atoms in total. The molecule has 2 unspecified atom stereocenters. The Balaban J connectivity index is 0.00000200. The van der Waals surface area contributed by atoms with Gasteiger partial charge in [-0.2, -0.15) is 0 Å². The number of nitrogens with one attached hydrogen (secondary N) is 1. The molecule has 20 heavy (non-hydrogen) atoms. The molecule has 2 rings (SSSR count). The Bertz CT molecular complexity index is 517. The summed E-state index contributed by atoms with van der Waals surface area (Å²) in [5.74, 6) is 0.340. The number of sulfonamides is 1. The van der Waals surface area contributed by atoms with Gasteiger partial charge in [-0.1, -0.05) is 6.42 Å². The molecular weight excluding hydrogens is 300 g/mol. The van der Waals surface area contributed by atoms with Crippen molar-refractivity contribution in [1.29, 1.82) is 0 Å². The van der Waals surface area contributed by atoms with Crippen LogP contribution in [0.1, 0.15) is 32.6 Å². The number of imidazole rings is 1. The maximum atomic E-state index is 12.1. The van der Waals surface area contributed by atoms with E-state index in [1.807, 2.05) is 6.92 Å². The molecule has 0 radical (unpaired) electrons. The van der Waals surface area contributed by atoms with Gasteiger partial charge in [-0.05, 0) is 32.1 Å². The van der Waals surface area contributed by atoms with E-state index in [2.05, 4.69) is 9.71 Å². The Labute approximate surface area is 126 Å². The van der Waals surface area contributed by atoms with Crippen LogP contribution in [-0.2, 0) is 16.6 Å². The van der Waals surface area contributed by atoms with Gasteiger partial charge >= 0.3 is 0 Å². The zero-order valence-corrected chi connectivity index (χ0v) is 13.3. The van der Waals surface area contributed by atoms with Crippen LogP contribution >= 0.6 is 12.4 Å². The minimum absolute atomic E-state index is 0. The van der Waals surface area contributed by atoms with E-state index in [1.165, 1.54) is 6.33 Å². The quantitative estimate of drug-likeness (QED) is 0.850. The van der Waals surface area contributed by atoms with E-state index < -0.39 is 10.0 Å². The highest BCUT2D eigenvalue weighted by Gasteiger charge is 2.23. The van der Waals surface area contributed by atoms with Crippen molar-refractivity contribution < 1.29 is 8.42 Å². The first kappa shape index (κ1) is 17.4. The number of nitrogens with zero attached hydrogens (tertiary/aromatic N) is 2. The molecule has 116 valence electrons. The van der Waals surface area contributed by atoms with Crippen LogP contribution in [0.25, 0.3) is 0 Å². The zero-order chi connectivity index (χ0) is 13.9. The molecule has 0 saturated heterocycles. The molecule has 2 atom stereocenters. The molecule has 1 fully saturated rings. The van der Waals surface area contributed by atoms with Gasteiger partial charge in [0.15, 0.2) is 5.03 Å². The molecule has 3 N–H and O–H groups in total. The maximum absolute atomic E-state index is 12.1. The highest BCUT2D eigenvalue weighted by molar-refractivity contribution is 7.89. The van der Waals surface area contributed by atoms with Crippen molar-refractivity contribution >= 4 is 22.4 Å². The van der Waals surface area contributed by atoms with E-state index in [0.717, 1.165) is 25.7 Å². The molecule has 0 aliphatic heterocycles. The molecule has 1 saturated carbocycles. The highest BCUT2D eigenvalue weighted by atomic mass is 35.5. The van der Waals surface area contributed by atoms with Crippen LogP contribution in [0.2, 0.25) is 0 Å². The second kappa shape index (κ2) is 7.40.